The lowest BCUT2D eigenvalue weighted by Crippen LogP contribution is -2.20. The molecule has 0 unspecified atom stereocenters. The predicted octanol–water partition coefficient (Wildman–Crippen LogP) is 2.77. The summed E-state index contributed by atoms with van der Waals surface area (Å²) in [6.07, 6.45) is -5.12. The number of carbonyl (C=O) groups excluding carboxylic acids is 1. The lowest BCUT2D eigenvalue weighted by molar-refractivity contribution is -0.274. The largest absolute Gasteiger partial charge is 0.573 e. The summed E-state index contributed by atoms with van der Waals surface area (Å²) >= 11 is 0. The van der Waals surface area contributed by atoms with Crippen molar-refractivity contribution in [1.82, 2.24) is 0 Å². The van der Waals surface area contributed by atoms with Crippen molar-refractivity contribution in [1.29, 1.82) is 5.26 Å². The van der Waals surface area contributed by atoms with Crippen LogP contribution in [-0.4, -0.2) is 18.9 Å². The highest BCUT2D eigenvalue weighted by molar-refractivity contribution is 5.93. The Bertz CT molecular complexity index is 534. The van der Waals surface area contributed by atoms with Gasteiger partial charge >= 0.3 is 12.3 Å². The summed E-state index contributed by atoms with van der Waals surface area (Å²) in [5.74, 6) is -3.73. The van der Waals surface area contributed by atoms with Gasteiger partial charge in [-0.1, -0.05) is 0 Å². The Morgan fingerprint density at radius 1 is 1.42 bits per heavy atom. The molecule has 0 heterocycles. The topological polar surface area (TPSA) is 59.3 Å². The normalized spacial score (nSPS) is 10.7. The second-order valence-electron chi connectivity index (χ2n) is 3.21. The molecule has 0 saturated heterocycles. The van der Waals surface area contributed by atoms with Gasteiger partial charge < -0.3 is 9.47 Å². The van der Waals surface area contributed by atoms with E-state index in [9.17, 15) is 22.4 Å². The van der Waals surface area contributed by atoms with Gasteiger partial charge in [-0.3, -0.25) is 0 Å². The fourth-order valence-electron chi connectivity index (χ4n) is 1.25. The van der Waals surface area contributed by atoms with Gasteiger partial charge in [0.15, 0.2) is 0 Å². The summed E-state index contributed by atoms with van der Waals surface area (Å²) in [6.45, 7) is 1.26. The van der Waals surface area contributed by atoms with E-state index in [1.807, 2.05) is 0 Å². The molecule has 4 nitrogen and oxygen atoms in total. The Kier molecular flexibility index (Phi) is 4.32. The maximum absolute atomic E-state index is 13.5. The minimum atomic E-state index is -5.12. The van der Waals surface area contributed by atoms with Crippen molar-refractivity contribution in [3.05, 3.63) is 29.1 Å². The van der Waals surface area contributed by atoms with Crippen molar-refractivity contribution in [2.45, 2.75) is 13.3 Å². The summed E-state index contributed by atoms with van der Waals surface area (Å²) in [5, 5.41) is 8.55. The fraction of sp³-hybridized carbons (Fsp3) is 0.273. The number of ether oxygens (including phenoxy) is 2. The minimum absolute atomic E-state index is 0.149. The van der Waals surface area contributed by atoms with Crippen molar-refractivity contribution in [3.63, 3.8) is 0 Å². The van der Waals surface area contributed by atoms with Gasteiger partial charge in [0.1, 0.15) is 17.1 Å². The molecule has 0 aliphatic carbocycles. The number of alkyl halides is 3. The van der Waals surface area contributed by atoms with Crippen LogP contribution in [0.1, 0.15) is 22.8 Å². The highest BCUT2D eigenvalue weighted by Gasteiger charge is 2.34. The molecule has 1 rings (SSSR count). The van der Waals surface area contributed by atoms with Crippen LogP contribution in [0.4, 0.5) is 17.6 Å². The van der Waals surface area contributed by atoms with Gasteiger partial charge in [-0.2, -0.15) is 5.26 Å². The quantitative estimate of drug-likeness (QED) is 0.629. The Morgan fingerprint density at radius 3 is 2.53 bits per heavy atom. The Labute approximate surface area is 105 Å². The molecule has 19 heavy (non-hydrogen) atoms. The molecule has 1 aromatic rings. The lowest BCUT2D eigenvalue weighted by atomic mass is 10.1. The molecule has 0 aromatic heterocycles. The van der Waals surface area contributed by atoms with Crippen molar-refractivity contribution >= 4 is 5.97 Å². The number of rotatable bonds is 3. The molecular formula is C11H7F4NO3. The maximum Gasteiger partial charge on any atom is 0.573 e. The van der Waals surface area contributed by atoms with Gasteiger partial charge in [0.2, 0.25) is 0 Å². The van der Waals surface area contributed by atoms with Crippen molar-refractivity contribution in [2.24, 2.45) is 0 Å². The van der Waals surface area contributed by atoms with E-state index < -0.39 is 35.0 Å². The number of esters is 1. The van der Waals surface area contributed by atoms with Crippen molar-refractivity contribution in [2.75, 3.05) is 6.61 Å². The van der Waals surface area contributed by atoms with Crippen LogP contribution in [0.3, 0.4) is 0 Å². The molecule has 0 N–H and O–H groups in total. The van der Waals surface area contributed by atoms with Crippen LogP contribution in [-0.2, 0) is 4.74 Å². The molecule has 0 aliphatic heterocycles. The van der Waals surface area contributed by atoms with Crippen LogP contribution >= 0.6 is 0 Å². The first-order valence-corrected chi connectivity index (χ1v) is 4.95. The third kappa shape index (κ3) is 3.84. The van der Waals surface area contributed by atoms with Gasteiger partial charge in [-0.05, 0) is 19.1 Å². The Hall–Kier alpha value is -2.30. The van der Waals surface area contributed by atoms with Gasteiger partial charge in [0.25, 0.3) is 0 Å². The van der Waals surface area contributed by atoms with Gasteiger partial charge in [-0.25, -0.2) is 9.18 Å². The first kappa shape index (κ1) is 14.8. The molecule has 0 radical (unpaired) electrons. The maximum atomic E-state index is 13.5. The van der Waals surface area contributed by atoms with E-state index in [1.165, 1.54) is 13.0 Å². The van der Waals surface area contributed by atoms with E-state index >= 15 is 0 Å². The molecule has 0 amide bonds. The molecule has 0 bridgehead atoms. The summed E-state index contributed by atoms with van der Waals surface area (Å²) in [6, 6.07) is 2.69. The number of carbonyl (C=O) groups is 1. The number of benzene rings is 1. The summed E-state index contributed by atoms with van der Waals surface area (Å²) in [7, 11) is 0. The van der Waals surface area contributed by atoms with Crippen LogP contribution in [0.2, 0.25) is 0 Å². The molecule has 0 saturated carbocycles. The lowest BCUT2D eigenvalue weighted by Gasteiger charge is -2.13. The monoisotopic (exact) mass is 277 g/mol. The first-order chi connectivity index (χ1) is 8.78. The highest BCUT2D eigenvalue weighted by atomic mass is 19.4. The minimum Gasteiger partial charge on any atom is -0.462 e. The Balaban J connectivity index is 3.34. The SMILES string of the molecule is CCOC(=O)c1c(F)cc(C#N)cc1OC(F)(F)F. The average Bonchev–Trinajstić information content (AvgIpc) is 2.26. The fourth-order valence-corrected chi connectivity index (χ4v) is 1.25. The van der Waals surface area contributed by atoms with E-state index in [0.717, 1.165) is 0 Å². The number of halogens is 4. The first-order valence-electron chi connectivity index (χ1n) is 4.95. The summed E-state index contributed by atoms with van der Waals surface area (Å²) < 4.78 is 58.0. The van der Waals surface area contributed by atoms with Gasteiger partial charge in [0, 0.05) is 0 Å². The molecule has 0 aliphatic rings. The molecule has 0 spiro atoms. The number of nitriles is 1. The second kappa shape index (κ2) is 5.56. The molecule has 1 aromatic carbocycles. The number of hydrogen-bond acceptors (Lipinski definition) is 4. The zero-order chi connectivity index (χ0) is 14.6. The van der Waals surface area contributed by atoms with E-state index in [4.69, 9.17) is 5.26 Å². The van der Waals surface area contributed by atoms with Gasteiger partial charge in [-0.15, -0.1) is 13.2 Å². The smallest absolute Gasteiger partial charge is 0.462 e. The second-order valence-corrected chi connectivity index (χ2v) is 3.21. The third-order valence-electron chi connectivity index (χ3n) is 1.89. The standard InChI is InChI=1S/C11H7F4NO3/c1-2-18-10(17)9-7(12)3-6(5-16)4-8(9)19-11(13,14)15/h3-4H,2H2,1H3. The zero-order valence-corrected chi connectivity index (χ0v) is 9.55. The molecule has 8 heteroatoms. The van der Waals surface area contributed by atoms with E-state index in [2.05, 4.69) is 9.47 Å². The molecule has 0 atom stereocenters. The Morgan fingerprint density at radius 2 is 2.05 bits per heavy atom. The van der Waals surface area contributed by atoms with Crippen LogP contribution in [0.15, 0.2) is 12.1 Å². The number of nitrogens with zero attached hydrogens (tertiary/aromatic N) is 1. The van der Waals surface area contributed by atoms with E-state index in [0.29, 0.717) is 12.1 Å². The van der Waals surface area contributed by atoms with Crippen LogP contribution in [0.5, 0.6) is 5.75 Å². The summed E-state index contributed by atoms with van der Waals surface area (Å²) in [4.78, 5) is 11.4. The zero-order valence-electron chi connectivity index (χ0n) is 9.55. The van der Waals surface area contributed by atoms with Gasteiger partial charge in [0.05, 0.1) is 18.2 Å². The van der Waals surface area contributed by atoms with Crippen molar-refractivity contribution in [3.8, 4) is 11.8 Å². The third-order valence-corrected chi connectivity index (χ3v) is 1.89. The molecule has 0 fully saturated rings. The number of hydrogen-bond donors (Lipinski definition) is 0. The summed E-state index contributed by atoms with van der Waals surface area (Å²) in [5.41, 5.74) is -1.41. The predicted molar refractivity (Wildman–Crippen MR) is 53.8 cm³/mol. The van der Waals surface area contributed by atoms with Crippen LogP contribution in [0, 0.1) is 17.1 Å². The van der Waals surface area contributed by atoms with E-state index in [-0.39, 0.29) is 6.61 Å². The highest BCUT2D eigenvalue weighted by Crippen LogP contribution is 2.30. The van der Waals surface area contributed by atoms with E-state index in [1.54, 1.807) is 0 Å². The van der Waals surface area contributed by atoms with Crippen molar-refractivity contribution < 1.29 is 31.8 Å². The molecular weight excluding hydrogens is 270 g/mol. The molecule has 102 valence electrons. The average molecular weight is 277 g/mol. The van der Waals surface area contributed by atoms with Crippen LogP contribution in [0.25, 0.3) is 0 Å². The van der Waals surface area contributed by atoms with Crippen LogP contribution < -0.4 is 4.74 Å².